The molecule has 104 valence electrons. The highest BCUT2D eigenvalue weighted by molar-refractivity contribution is 5.75. The highest BCUT2D eigenvalue weighted by Gasteiger charge is 2.17. The molecule has 4 N–H and O–H groups in total. The number of benzene rings is 1. The van der Waals surface area contributed by atoms with Crippen molar-refractivity contribution in [3.63, 3.8) is 0 Å². The molecule has 3 nitrogen and oxygen atoms in total. The van der Waals surface area contributed by atoms with Crippen LogP contribution in [0.15, 0.2) is 30.0 Å². The predicted molar refractivity (Wildman–Crippen MR) is 82.5 cm³/mol. The van der Waals surface area contributed by atoms with E-state index in [-0.39, 0.29) is 0 Å². The molecule has 0 unspecified atom stereocenters. The van der Waals surface area contributed by atoms with Gasteiger partial charge in [-0.3, -0.25) is 0 Å². The Balaban J connectivity index is 2.32. The third kappa shape index (κ3) is 3.29. The molecule has 1 aliphatic heterocycles. The van der Waals surface area contributed by atoms with Crippen LogP contribution < -0.4 is 11.5 Å². The van der Waals surface area contributed by atoms with Crippen molar-refractivity contribution in [1.82, 2.24) is 4.90 Å². The summed E-state index contributed by atoms with van der Waals surface area (Å²) in [6.45, 7) is 5.28. The maximum Gasteiger partial charge on any atom is 0.0390 e. The minimum atomic E-state index is 0.745. The van der Waals surface area contributed by atoms with E-state index in [0.717, 1.165) is 25.1 Å². The third-order valence-electron chi connectivity index (χ3n) is 3.90. The van der Waals surface area contributed by atoms with Gasteiger partial charge in [-0.1, -0.05) is 18.2 Å². The van der Waals surface area contributed by atoms with Crippen LogP contribution in [0, 0.1) is 0 Å². The van der Waals surface area contributed by atoms with E-state index < -0.39 is 0 Å². The molecule has 1 aromatic carbocycles. The standard InChI is InChI=1S/C16H25N3/c1-13(14-7-2-3-8-15(14)18)16(9-6-10-17)19-11-4-5-12-19/h2-3,7-8H,4-6,9-12,17-18H2,1H3/b16-13+. The average molecular weight is 259 g/mol. The molecule has 0 spiro atoms. The van der Waals surface area contributed by atoms with E-state index in [0.29, 0.717) is 0 Å². The summed E-state index contributed by atoms with van der Waals surface area (Å²) in [5.74, 6) is 0. The van der Waals surface area contributed by atoms with E-state index in [1.54, 1.807) is 0 Å². The lowest BCUT2D eigenvalue weighted by atomic mass is 10.0. The van der Waals surface area contributed by atoms with Crippen molar-refractivity contribution in [3.05, 3.63) is 35.5 Å². The maximum absolute atomic E-state index is 6.11. The molecule has 19 heavy (non-hydrogen) atoms. The predicted octanol–water partition coefficient (Wildman–Crippen LogP) is 2.83. The average Bonchev–Trinajstić information content (AvgIpc) is 2.93. The Bertz CT molecular complexity index is 445. The topological polar surface area (TPSA) is 55.3 Å². The second-order valence-electron chi connectivity index (χ2n) is 5.25. The van der Waals surface area contributed by atoms with Gasteiger partial charge in [0.05, 0.1) is 0 Å². The molecule has 0 atom stereocenters. The number of hydrogen-bond donors (Lipinski definition) is 2. The van der Waals surface area contributed by atoms with Gasteiger partial charge in [-0.15, -0.1) is 0 Å². The molecule has 0 amide bonds. The van der Waals surface area contributed by atoms with Gasteiger partial charge in [0.2, 0.25) is 0 Å². The Morgan fingerprint density at radius 3 is 2.53 bits per heavy atom. The fourth-order valence-corrected chi connectivity index (χ4v) is 2.83. The van der Waals surface area contributed by atoms with E-state index >= 15 is 0 Å². The van der Waals surface area contributed by atoms with Crippen molar-refractivity contribution in [3.8, 4) is 0 Å². The fraction of sp³-hybridized carbons (Fsp3) is 0.500. The second kappa shape index (κ2) is 6.62. The lowest BCUT2D eigenvalue weighted by Crippen LogP contribution is -2.20. The number of nitrogen functional groups attached to an aromatic ring is 1. The van der Waals surface area contributed by atoms with Crippen molar-refractivity contribution in [2.24, 2.45) is 5.73 Å². The zero-order valence-electron chi connectivity index (χ0n) is 11.9. The number of nitrogens with two attached hydrogens (primary N) is 2. The van der Waals surface area contributed by atoms with Crippen molar-refractivity contribution < 1.29 is 0 Å². The van der Waals surface area contributed by atoms with Gasteiger partial charge in [-0.05, 0) is 50.8 Å². The number of anilines is 1. The molecular formula is C16H25N3. The van der Waals surface area contributed by atoms with Gasteiger partial charge in [0.25, 0.3) is 0 Å². The van der Waals surface area contributed by atoms with Crippen LogP contribution in [0.3, 0.4) is 0 Å². The summed E-state index contributed by atoms with van der Waals surface area (Å²) in [5, 5.41) is 0. The van der Waals surface area contributed by atoms with Crippen LogP contribution in [0.25, 0.3) is 5.57 Å². The SMILES string of the molecule is C/C(=C(/CCCN)N1CCCC1)c1ccccc1N. The second-order valence-corrected chi connectivity index (χ2v) is 5.25. The first-order chi connectivity index (χ1) is 9.24. The van der Waals surface area contributed by atoms with Crippen LogP contribution in [-0.2, 0) is 0 Å². The van der Waals surface area contributed by atoms with Gasteiger partial charge in [-0.25, -0.2) is 0 Å². The summed E-state index contributed by atoms with van der Waals surface area (Å²) in [4.78, 5) is 2.51. The molecule has 1 aromatic rings. The van der Waals surface area contributed by atoms with Gasteiger partial charge in [0, 0.05) is 30.0 Å². The molecule has 1 aliphatic rings. The molecular weight excluding hydrogens is 234 g/mol. The number of nitrogens with zero attached hydrogens (tertiary/aromatic N) is 1. The molecule has 1 saturated heterocycles. The number of hydrogen-bond acceptors (Lipinski definition) is 3. The normalized spacial score (nSPS) is 16.6. The maximum atomic E-state index is 6.11. The van der Waals surface area contributed by atoms with Crippen molar-refractivity contribution in [2.75, 3.05) is 25.4 Å². The Hall–Kier alpha value is -1.48. The van der Waals surface area contributed by atoms with Crippen molar-refractivity contribution in [2.45, 2.75) is 32.6 Å². The molecule has 1 heterocycles. The highest BCUT2D eigenvalue weighted by atomic mass is 15.1. The first kappa shape index (κ1) is 13.9. The third-order valence-corrected chi connectivity index (χ3v) is 3.90. The van der Waals surface area contributed by atoms with Gasteiger partial charge in [0.15, 0.2) is 0 Å². The zero-order valence-corrected chi connectivity index (χ0v) is 11.9. The van der Waals surface area contributed by atoms with E-state index in [9.17, 15) is 0 Å². The smallest absolute Gasteiger partial charge is 0.0390 e. The summed E-state index contributed by atoms with van der Waals surface area (Å²) in [5.41, 5.74) is 16.6. The van der Waals surface area contributed by atoms with Crippen LogP contribution >= 0.6 is 0 Å². The summed E-state index contributed by atoms with van der Waals surface area (Å²) >= 11 is 0. The van der Waals surface area contributed by atoms with Crippen LogP contribution in [0.2, 0.25) is 0 Å². The number of likely N-dealkylation sites (tertiary alicyclic amines) is 1. The quantitative estimate of drug-likeness (QED) is 0.799. The number of para-hydroxylation sites is 1. The zero-order chi connectivity index (χ0) is 13.7. The molecule has 0 radical (unpaired) electrons. The minimum absolute atomic E-state index is 0.745. The Labute approximate surface area is 116 Å². The van der Waals surface area contributed by atoms with Crippen molar-refractivity contribution >= 4 is 11.3 Å². The van der Waals surface area contributed by atoms with Gasteiger partial charge >= 0.3 is 0 Å². The monoisotopic (exact) mass is 259 g/mol. The highest BCUT2D eigenvalue weighted by Crippen LogP contribution is 2.29. The number of allylic oxidation sites excluding steroid dienone is 2. The van der Waals surface area contributed by atoms with Crippen LogP contribution in [0.4, 0.5) is 5.69 Å². The van der Waals surface area contributed by atoms with Gasteiger partial charge < -0.3 is 16.4 Å². The summed E-state index contributed by atoms with van der Waals surface area (Å²) in [6.07, 6.45) is 4.68. The Morgan fingerprint density at radius 1 is 1.21 bits per heavy atom. The molecule has 1 fully saturated rings. The van der Waals surface area contributed by atoms with Gasteiger partial charge in [0.1, 0.15) is 0 Å². The van der Waals surface area contributed by atoms with E-state index in [4.69, 9.17) is 11.5 Å². The molecule has 0 aliphatic carbocycles. The molecule has 3 heteroatoms. The van der Waals surface area contributed by atoms with Gasteiger partial charge in [-0.2, -0.15) is 0 Å². The summed E-state index contributed by atoms with van der Waals surface area (Å²) in [6, 6.07) is 8.13. The Morgan fingerprint density at radius 2 is 1.89 bits per heavy atom. The van der Waals surface area contributed by atoms with Crippen LogP contribution in [-0.4, -0.2) is 24.5 Å². The first-order valence-electron chi connectivity index (χ1n) is 7.23. The summed E-state index contributed by atoms with van der Waals surface area (Å²) < 4.78 is 0. The van der Waals surface area contributed by atoms with Crippen LogP contribution in [0.5, 0.6) is 0 Å². The molecule has 0 saturated carbocycles. The van der Waals surface area contributed by atoms with E-state index in [2.05, 4.69) is 24.0 Å². The largest absolute Gasteiger partial charge is 0.398 e. The summed E-state index contributed by atoms with van der Waals surface area (Å²) in [7, 11) is 0. The lowest BCUT2D eigenvalue weighted by molar-refractivity contribution is 0.407. The Kier molecular flexibility index (Phi) is 4.86. The number of rotatable bonds is 5. The fourth-order valence-electron chi connectivity index (χ4n) is 2.83. The van der Waals surface area contributed by atoms with E-state index in [1.807, 2.05) is 12.1 Å². The van der Waals surface area contributed by atoms with Crippen LogP contribution in [0.1, 0.15) is 38.2 Å². The van der Waals surface area contributed by atoms with Crippen molar-refractivity contribution in [1.29, 1.82) is 0 Å². The molecule has 2 rings (SSSR count). The van der Waals surface area contributed by atoms with E-state index in [1.165, 1.54) is 42.8 Å². The first-order valence-corrected chi connectivity index (χ1v) is 7.23. The molecule has 0 aromatic heterocycles. The minimum Gasteiger partial charge on any atom is -0.398 e. The molecule has 0 bridgehead atoms. The lowest BCUT2D eigenvalue weighted by Gasteiger charge is -2.25.